The molecule has 0 spiro atoms. The highest BCUT2D eigenvalue weighted by Gasteiger charge is 2.22. The molecule has 0 amide bonds. The monoisotopic (exact) mass is 357 g/mol. The van der Waals surface area contributed by atoms with E-state index in [9.17, 15) is 0 Å². The smallest absolute Gasteiger partial charge is 0.0897 e. The third-order valence-corrected chi connectivity index (χ3v) is 4.67. The lowest BCUT2D eigenvalue weighted by Gasteiger charge is -2.18. The van der Waals surface area contributed by atoms with Gasteiger partial charge in [-0.25, -0.2) is 4.98 Å². The van der Waals surface area contributed by atoms with E-state index in [-0.39, 0.29) is 6.04 Å². The Morgan fingerprint density at radius 1 is 1.45 bits per heavy atom. The minimum Gasteiger partial charge on any atom is -0.308 e. The number of aromatic nitrogens is 3. The molecular formula is C13H20BrN5S. The molecule has 0 aliphatic rings. The summed E-state index contributed by atoms with van der Waals surface area (Å²) >= 11 is 5.33. The Labute approximate surface area is 132 Å². The second kappa shape index (κ2) is 6.80. The average Bonchev–Trinajstić information content (AvgIpc) is 2.97. The molecule has 110 valence electrons. The van der Waals surface area contributed by atoms with E-state index in [1.165, 1.54) is 4.88 Å². The predicted molar refractivity (Wildman–Crippen MR) is 86.2 cm³/mol. The molecule has 0 saturated heterocycles. The second-order valence-electron chi connectivity index (χ2n) is 4.91. The molecule has 0 aliphatic carbocycles. The summed E-state index contributed by atoms with van der Waals surface area (Å²) < 4.78 is 3.09. The normalized spacial score (nSPS) is 13.1. The molecule has 2 rings (SSSR count). The van der Waals surface area contributed by atoms with Gasteiger partial charge in [0.05, 0.1) is 34.0 Å². The Bertz CT molecular complexity index is 563. The largest absolute Gasteiger partial charge is 0.308 e. The molecule has 0 aliphatic heterocycles. The second-order valence-corrected chi connectivity index (χ2v) is 7.03. The Morgan fingerprint density at radius 3 is 2.75 bits per heavy atom. The van der Waals surface area contributed by atoms with E-state index in [1.807, 2.05) is 26.4 Å². The first-order chi connectivity index (χ1) is 9.52. The third kappa shape index (κ3) is 3.46. The summed E-state index contributed by atoms with van der Waals surface area (Å²) in [6.45, 7) is 3.85. The van der Waals surface area contributed by atoms with E-state index in [0.717, 1.165) is 28.3 Å². The van der Waals surface area contributed by atoms with Crippen molar-refractivity contribution >= 4 is 27.3 Å². The highest BCUT2D eigenvalue weighted by atomic mass is 79.9. The molecule has 1 atom stereocenters. The van der Waals surface area contributed by atoms with Gasteiger partial charge in [-0.15, -0.1) is 11.3 Å². The van der Waals surface area contributed by atoms with Crippen molar-refractivity contribution in [2.45, 2.75) is 19.5 Å². The fourth-order valence-corrected chi connectivity index (χ4v) is 3.48. The van der Waals surface area contributed by atoms with Crippen molar-refractivity contribution in [3.8, 4) is 0 Å². The molecule has 7 heteroatoms. The molecule has 1 unspecified atom stereocenters. The van der Waals surface area contributed by atoms with Gasteiger partial charge < -0.3 is 10.2 Å². The summed E-state index contributed by atoms with van der Waals surface area (Å²) in [7, 11) is 6.11. The number of nitrogens with zero attached hydrogens (tertiary/aromatic N) is 4. The Hall–Kier alpha value is -0.760. The average molecular weight is 358 g/mol. The molecule has 20 heavy (non-hydrogen) atoms. The highest BCUT2D eigenvalue weighted by molar-refractivity contribution is 9.10. The SMILES string of the molecule is CNC(c1cnc(C)s1)c1c(Br)cnn1CCN(C)C. The molecule has 2 heterocycles. The quantitative estimate of drug-likeness (QED) is 0.861. The highest BCUT2D eigenvalue weighted by Crippen LogP contribution is 2.31. The Morgan fingerprint density at radius 2 is 2.20 bits per heavy atom. The first-order valence-corrected chi connectivity index (χ1v) is 8.09. The molecule has 0 saturated carbocycles. The lowest BCUT2D eigenvalue weighted by atomic mass is 10.2. The van der Waals surface area contributed by atoms with Crippen LogP contribution in [-0.2, 0) is 6.54 Å². The van der Waals surface area contributed by atoms with E-state index in [1.54, 1.807) is 11.3 Å². The standard InChI is InChI=1S/C13H20BrN5S/c1-9-16-8-11(20-9)12(15-2)13-10(14)7-17-19(13)6-5-18(3)4/h7-8,12,15H,5-6H2,1-4H3. The predicted octanol–water partition coefficient (Wildman–Crippen LogP) is 2.28. The van der Waals surface area contributed by atoms with Crippen LogP contribution in [0.3, 0.4) is 0 Å². The Balaban J connectivity index is 2.31. The first kappa shape index (κ1) is 15.6. The van der Waals surface area contributed by atoms with E-state index in [0.29, 0.717) is 0 Å². The molecule has 2 aromatic rings. The van der Waals surface area contributed by atoms with Crippen LogP contribution in [0.2, 0.25) is 0 Å². The molecule has 0 fully saturated rings. The van der Waals surface area contributed by atoms with Crippen LogP contribution in [-0.4, -0.2) is 47.4 Å². The fraction of sp³-hybridized carbons (Fsp3) is 0.538. The van der Waals surface area contributed by atoms with Crippen molar-refractivity contribution in [3.05, 3.63) is 32.4 Å². The summed E-state index contributed by atoms with van der Waals surface area (Å²) in [5.74, 6) is 0. The van der Waals surface area contributed by atoms with Gasteiger partial charge in [0.15, 0.2) is 0 Å². The van der Waals surface area contributed by atoms with Crippen molar-refractivity contribution < 1.29 is 0 Å². The molecule has 2 aromatic heterocycles. The fourth-order valence-electron chi connectivity index (χ4n) is 2.06. The summed E-state index contributed by atoms with van der Waals surface area (Å²) in [5, 5.41) is 8.92. The van der Waals surface area contributed by atoms with Gasteiger partial charge in [-0.2, -0.15) is 5.10 Å². The van der Waals surface area contributed by atoms with Crippen molar-refractivity contribution in [3.63, 3.8) is 0 Å². The topological polar surface area (TPSA) is 46.0 Å². The van der Waals surface area contributed by atoms with Gasteiger partial charge >= 0.3 is 0 Å². The number of nitrogens with one attached hydrogen (secondary N) is 1. The number of rotatable bonds is 6. The Kier molecular flexibility index (Phi) is 5.31. The van der Waals surface area contributed by atoms with Crippen molar-refractivity contribution in [2.75, 3.05) is 27.7 Å². The van der Waals surface area contributed by atoms with Crippen molar-refractivity contribution in [1.29, 1.82) is 0 Å². The zero-order valence-corrected chi connectivity index (χ0v) is 14.6. The van der Waals surface area contributed by atoms with Crippen LogP contribution in [0.4, 0.5) is 0 Å². The van der Waals surface area contributed by atoms with Crippen molar-refractivity contribution in [1.82, 2.24) is 25.0 Å². The van der Waals surface area contributed by atoms with Crippen LogP contribution in [0.1, 0.15) is 21.6 Å². The van der Waals surface area contributed by atoms with Gasteiger partial charge in [0.25, 0.3) is 0 Å². The maximum absolute atomic E-state index is 4.48. The van der Waals surface area contributed by atoms with Crippen LogP contribution in [0, 0.1) is 6.92 Å². The number of hydrogen-bond donors (Lipinski definition) is 1. The van der Waals surface area contributed by atoms with Gasteiger partial charge in [-0.05, 0) is 44.0 Å². The number of halogens is 1. The van der Waals surface area contributed by atoms with Gasteiger partial charge in [0, 0.05) is 17.6 Å². The first-order valence-electron chi connectivity index (χ1n) is 6.48. The van der Waals surface area contributed by atoms with Gasteiger partial charge in [0.2, 0.25) is 0 Å². The van der Waals surface area contributed by atoms with Crippen molar-refractivity contribution in [2.24, 2.45) is 0 Å². The zero-order valence-electron chi connectivity index (χ0n) is 12.2. The zero-order chi connectivity index (χ0) is 14.7. The van der Waals surface area contributed by atoms with E-state index in [2.05, 4.69) is 55.0 Å². The number of likely N-dealkylation sites (N-methyl/N-ethyl adjacent to an activating group) is 1. The maximum Gasteiger partial charge on any atom is 0.0897 e. The van der Waals surface area contributed by atoms with E-state index < -0.39 is 0 Å². The summed E-state index contributed by atoms with van der Waals surface area (Å²) in [6.07, 6.45) is 3.81. The number of aryl methyl sites for hydroxylation is 1. The lowest BCUT2D eigenvalue weighted by Crippen LogP contribution is -2.25. The van der Waals surface area contributed by atoms with Crippen LogP contribution in [0.5, 0.6) is 0 Å². The minimum absolute atomic E-state index is 0.111. The van der Waals surface area contributed by atoms with Crippen LogP contribution >= 0.6 is 27.3 Å². The lowest BCUT2D eigenvalue weighted by molar-refractivity contribution is 0.366. The van der Waals surface area contributed by atoms with E-state index >= 15 is 0 Å². The third-order valence-electron chi connectivity index (χ3n) is 3.08. The van der Waals surface area contributed by atoms with Crippen LogP contribution in [0.15, 0.2) is 16.9 Å². The number of thiazole rings is 1. The van der Waals surface area contributed by atoms with Crippen LogP contribution in [0.25, 0.3) is 0 Å². The summed E-state index contributed by atoms with van der Waals surface area (Å²) in [6, 6.07) is 0.111. The van der Waals surface area contributed by atoms with E-state index in [4.69, 9.17) is 0 Å². The molecule has 0 aromatic carbocycles. The van der Waals surface area contributed by atoms with Crippen LogP contribution < -0.4 is 5.32 Å². The van der Waals surface area contributed by atoms with Gasteiger partial charge in [-0.3, -0.25) is 4.68 Å². The molecule has 0 bridgehead atoms. The molecular weight excluding hydrogens is 338 g/mol. The minimum atomic E-state index is 0.111. The maximum atomic E-state index is 4.48. The van der Waals surface area contributed by atoms with Gasteiger partial charge in [0.1, 0.15) is 0 Å². The summed E-state index contributed by atoms with van der Waals surface area (Å²) in [4.78, 5) is 7.72. The number of hydrogen-bond acceptors (Lipinski definition) is 5. The molecule has 0 radical (unpaired) electrons. The summed E-state index contributed by atoms with van der Waals surface area (Å²) in [5.41, 5.74) is 1.15. The molecule has 1 N–H and O–H groups in total. The molecule has 5 nitrogen and oxygen atoms in total. The van der Waals surface area contributed by atoms with Gasteiger partial charge in [-0.1, -0.05) is 0 Å².